The molecule has 2 aromatic rings. The molecule has 3 rings (SSSR count). The Morgan fingerprint density at radius 1 is 1.08 bits per heavy atom. The van der Waals surface area contributed by atoms with Gasteiger partial charge in [0.25, 0.3) is 0 Å². The van der Waals surface area contributed by atoms with Gasteiger partial charge in [-0.3, -0.25) is 4.90 Å². The summed E-state index contributed by atoms with van der Waals surface area (Å²) in [6, 6.07) is 13.0. The standard InChI is InChI=1S/C17H12ClF3N4S/c1-10-6-8-11(9-7-10)14-23-24-16(26)22-15(17(19,20)21)25(14)13-5-3-2-4-12(13)18/h2-9H,1H3,(H,24,26). The molecule has 26 heavy (non-hydrogen) atoms. The van der Waals surface area contributed by atoms with Crippen molar-refractivity contribution in [2.75, 3.05) is 4.90 Å². The zero-order valence-electron chi connectivity index (χ0n) is 13.4. The molecule has 0 atom stereocenters. The number of aryl methyl sites for hydroxylation is 1. The third-order valence-corrected chi connectivity index (χ3v) is 4.05. The summed E-state index contributed by atoms with van der Waals surface area (Å²) in [5.41, 5.74) is 3.88. The van der Waals surface area contributed by atoms with E-state index in [0.717, 1.165) is 10.5 Å². The zero-order valence-corrected chi connectivity index (χ0v) is 15.0. The second-order valence-corrected chi connectivity index (χ2v) is 6.23. The van der Waals surface area contributed by atoms with Gasteiger partial charge < -0.3 is 0 Å². The third-order valence-electron chi connectivity index (χ3n) is 3.55. The molecule has 4 nitrogen and oxygen atoms in total. The number of halogens is 4. The number of anilines is 1. The Hall–Kier alpha value is -2.45. The summed E-state index contributed by atoms with van der Waals surface area (Å²) in [5.74, 6) is -1.24. The highest BCUT2D eigenvalue weighted by Gasteiger charge is 2.44. The number of aliphatic imine (C=N–C) groups is 1. The Morgan fingerprint density at radius 2 is 1.73 bits per heavy atom. The van der Waals surface area contributed by atoms with Crippen molar-refractivity contribution in [2.24, 2.45) is 10.1 Å². The minimum atomic E-state index is -4.78. The van der Waals surface area contributed by atoms with E-state index in [2.05, 4.69) is 15.5 Å². The average molecular weight is 397 g/mol. The van der Waals surface area contributed by atoms with Crippen LogP contribution < -0.4 is 10.3 Å². The number of thiocarbonyl (C=S) groups is 1. The summed E-state index contributed by atoms with van der Waals surface area (Å²) in [5, 5.41) is 3.78. The Morgan fingerprint density at radius 3 is 2.35 bits per heavy atom. The first-order valence-electron chi connectivity index (χ1n) is 7.42. The molecule has 0 bridgehead atoms. The molecular weight excluding hydrogens is 385 g/mol. The summed E-state index contributed by atoms with van der Waals surface area (Å²) in [4.78, 5) is 4.36. The molecule has 0 fully saturated rings. The van der Waals surface area contributed by atoms with Crippen LogP contribution >= 0.6 is 23.8 Å². The topological polar surface area (TPSA) is 40.0 Å². The van der Waals surface area contributed by atoms with E-state index in [-0.39, 0.29) is 16.5 Å². The quantitative estimate of drug-likeness (QED) is 0.750. The second-order valence-electron chi connectivity index (χ2n) is 5.44. The van der Waals surface area contributed by atoms with Gasteiger partial charge in [0.1, 0.15) is 0 Å². The summed E-state index contributed by atoms with van der Waals surface area (Å²) in [6.45, 7) is 1.88. The highest BCUT2D eigenvalue weighted by atomic mass is 35.5. The van der Waals surface area contributed by atoms with Crippen molar-refractivity contribution >= 4 is 46.3 Å². The van der Waals surface area contributed by atoms with Crippen LogP contribution in [0, 0.1) is 6.92 Å². The molecule has 0 saturated carbocycles. The van der Waals surface area contributed by atoms with E-state index in [1.54, 1.807) is 36.4 Å². The fraction of sp³-hybridized carbons (Fsp3) is 0.118. The van der Waals surface area contributed by atoms with E-state index in [1.165, 1.54) is 12.1 Å². The molecule has 1 N–H and O–H groups in total. The van der Waals surface area contributed by atoms with Gasteiger partial charge in [-0.05, 0) is 31.3 Å². The highest BCUT2D eigenvalue weighted by Crippen LogP contribution is 2.32. The molecule has 0 radical (unpaired) electrons. The highest BCUT2D eigenvalue weighted by molar-refractivity contribution is 7.80. The van der Waals surface area contributed by atoms with Crippen molar-refractivity contribution < 1.29 is 13.2 Å². The van der Waals surface area contributed by atoms with Crippen LogP contribution in [0.25, 0.3) is 0 Å². The lowest BCUT2D eigenvalue weighted by Crippen LogP contribution is -2.45. The van der Waals surface area contributed by atoms with Crippen molar-refractivity contribution in [1.29, 1.82) is 0 Å². The van der Waals surface area contributed by atoms with Gasteiger partial charge in [-0.15, -0.1) is 0 Å². The molecule has 1 heterocycles. The van der Waals surface area contributed by atoms with Gasteiger partial charge in [0, 0.05) is 5.56 Å². The minimum Gasteiger partial charge on any atom is -0.271 e. The maximum Gasteiger partial charge on any atom is 0.450 e. The van der Waals surface area contributed by atoms with Crippen LogP contribution in [-0.4, -0.2) is 23.0 Å². The van der Waals surface area contributed by atoms with Crippen LogP contribution in [0.4, 0.5) is 18.9 Å². The summed E-state index contributed by atoms with van der Waals surface area (Å²) < 4.78 is 41.3. The molecule has 1 aliphatic heterocycles. The number of benzene rings is 2. The minimum absolute atomic E-state index is 0.0194. The first-order valence-corrected chi connectivity index (χ1v) is 8.21. The van der Waals surface area contributed by atoms with E-state index < -0.39 is 17.1 Å². The normalized spacial score (nSPS) is 15.1. The van der Waals surface area contributed by atoms with Crippen molar-refractivity contribution in [1.82, 2.24) is 5.43 Å². The lowest BCUT2D eigenvalue weighted by Gasteiger charge is -2.27. The molecule has 0 aliphatic carbocycles. The van der Waals surface area contributed by atoms with Crippen LogP contribution in [0.1, 0.15) is 11.1 Å². The number of amidine groups is 2. The number of alkyl halides is 3. The fourth-order valence-electron chi connectivity index (χ4n) is 2.37. The first kappa shape index (κ1) is 18.3. The lowest BCUT2D eigenvalue weighted by atomic mass is 10.1. The van der Waals surface area contributed by atoms with E-state index >= 15 is 0 Å². The molecule has 0 saturated heterocycles. The van der Waals surface area contributed by atoms with Crippen LogP contribution in [0.2, 0.25) is 5.02 Å². The van der Waals surface area contributed by atoms with Gasteiger partial charge >= 0.3 is 6.18 Å². The SMILES string of the molecule is Cc1ccc(C2=NNC(=S)N=C(C(F)(F)F)N2c2ccccc2Cl)cc1. The Bertz CT molecular complexity index is 907. The number of rotatable bonds is 2. The summed E-state index contributed by atoms with van der Waals surface area (Å²) in [7, 11) is 0. The number of nitrogens with zero attached hydrogens (tertiary/aromatic N) is 3. The largest absolute Gasteiger partial charge is 0.450 e. The predicted octanol–water partition coefficient (Wildman–Crippen LogP) is 4.67. The van der Waals surface area contributed by atoms with Crippen molar-refractivity contribution in [2.45, 2.75) is 13.1 Å². The number of para-hydroxylation sites is 1. The zero-order chi connectivity index (χ0) is 18.9. The maximum absolute atomic E-state index is 13.8. The number of hydrazone groups is 1. The van der Waals surface area contributed by atoms with Crippen molar-refractivity contribution in [3.63, 3.8) is 0 Å². The summed E-state index contributed by atoms with van der Waals surface area (Å²) >= 11 is 11.0. The van der Waals surface area contributed by atoms with Gasteiger partial charge in [0.2, 0.25) is 10.9 Å². The van der Waals surface area contributed by atoms with E-state index in [9.17, 15) is 13.2 Å². The molecule has 0 spiro atoms. The van der Waals surface area contributed by atoms with E-state index in [0.29, 0.717) is 5.56 Å². The van der Waals surface area contributed by atoms with Gasteiger partial charge in [-0.25, -0.2) is 5.43 Å². The summed E-state index contributed by atoms with van der Waals surface area (Å²) in [6.07, 6.45) is -4.78. The Balaban J connectivity index is 2.26. The number of nitrogens with one attached hydrogen (secondary N) is 1. The van der Waals surface area contributed by atoms with Gasteiger partial charge in [0.15, 0.2) is 5.84 Å². The molecule has 9 heteroatoms. The van der Waals surface area contributed by atoms with Crippen molar-refractivity contribution in [3.05, 3.63) is 64.7 Å². The van der Waals surface area contributed by atoms with Crippen LogP contribution in [0.5, 0.6) is 0 Å². The Kier molecular flexibility index (Phi) is 4.97. The predicted molar refractivity (Wildman–Crippen MR) is 101 cm³/mol. The second kappa shape index (κ2) is 7.05. The molecule has 0 unspecified atom stereocenters. The molecule has 1 aliphatic rings. The van der Waals surface area contributed by atoms with Crippen LogP contribution in [0.15, 0.2) is 58.6 Å². The van der Waals surface area contributed by atoms with Crippen molar-refractivity contribution in [3.8, 4) is 0 Å². The monoisotopic (exact) mass is 396 g/mol. The lowest BCUT2D eigenvalue weighted by molar-refractivity contribution is -0.0594. The van der Waals surface area contributed by atoms with Crippen LogP contribution in [-0.2, 0) is 0 Å². The Labute approximate surface area is 158 Å². The molecule has 0 amide bonds. The molecule has 2 aromatic carbocycles. The van der Waals surface area contributed by atoms with Gasteiger partial charge in [-0.1, -0.05) is 53.6 Å². The first-order chi connectivity index (χ1) is 12.3. The van der Waals surface area contributed by atoms with Crippen LogP contribution in [0.3, 0.4) is 0 Å². The smallest absolute Gasteiger partial charge is 0.271 e. The fourth-order valence-corrected chi connectivity index (χ4v) is 2.72. The third kappa shape index (κ3) is 3.71. The molecule has 0 aromatic heterocycles. The van der Waals surface area contributed by atoms with Gasteiger partial charge in [-0.2, -0.15) is 23.3 Å². The molecular formula is C17H12ClF3N4S. The van der Waals surface area contributed by atoms with E-state index in [1.807, 2.05) is 6.92 Å². The van der Waals surface area contributed by atoms with Gasteiger partial charge in [0.05, 0.1) is 10.7 Å². The average Bonchev–Trinajstić information content (AvgIpc) is 2.75. The molecule has 134 valence electrons. The number of hydrogen-bond donors (Lipinski definition) is 1. The van der Waals surface area contributed by atoms with E-state index in [4.69, 9.17) is 23.8 Å². The maximum atomic E-state index is 13.8. The number of hydrogen-bond acceptors (Lipinski definition) is 3.